The van der Waals surface area contributed by atoms with Gasteiger partial charge in [0.2, 0.25) is 5.78 Å². The van der Waals surface area contributed by atoms with E-state index in [1.807, 2.05) is 34.7 Å². The number of carbonyl (C=O) groups excluding carboxylic acids is 1. The Bertz CT molecular complexity index is 1130. The van der Waals surface area contributed by atoms with Gasteiger partial charge in [0.05, 0.1) is 16.8 Å². The maximum Gasteiger partial charge on any atom is 0.231 e. The highest BCUT2D eigenvalue weighted by Crippen LogP contribution is 2.25. The van der Waals surface area contributed by atoms with Gasteiger partial charge in [-0.3, -0.25) is 9.20 Å². The summed E-state index contributed by atoms with van der Waals surface area (Å²) in [5, 5.41) is 8.04. The predicted molar refractivity (Wildman–Crippen MR) is 103 cm³/mol. The number of benzene rings is 2. The summed E-state index contributed by atoms with van der Waals surface area (Å²) >= 11 is 1.45. The van der Waals surface area contributed by atoms with Gasteiger partial charge in [-0.1, -0.05) is 36.0 Å². The fraction of sp³-hybridized carbons (Fsp3) is 0.250. The molecular formula is C20H18N4OS. The number of ketones is 1. The Morgan fingerprint density at radius 1 is 1.12 bits per heavy atom. The Labute approximate surface area is 154 Å². The van der Waals surface area contributed by atoms with Crippen LogP contribution in [-0.2, 0) is 12.8 Å². The van der Waals surface area contributed by atoms with Gasteiger partial charge in [0, 0.05) is 5.56 Å². The molecule has 26 heavy (non-hydrogen) atoms. The van der Waals surface area contributed by atoms with Crippen molar-refractivity contribution < 1.29 is 4.79 Å². The third-order valence-electron chi connectivity index (χ3n) is 5.01. The molecule has 0 atom stereocenters. The summed E-state index contributed by atoms with van der Waals surface area (Å²) in [7, 11) is 0. The number of H-pyrrole nitrogens is 1. The standard InChI is InChI=1S/C20H18N4OS/c25-18(15-10-9-13-5-1-2-6-14(13)11-15)12-26-20-23-22-19-21-16-7-3-4-8-17(16)24(19)20/h3-4,7-11H,1-2,5-6,12H2,(H,21,22). The summed E-state index contributed by atoms with van der Waals surface area (Å²) in [6.45, 7) is 0. The molecule has 0 saturated carbocycles. The van der Waals surface area contributed by atoms with Crippen LogP contribution in [-0.4, -0.2) is 31.1 Å². The van der Waals surface area contributed by atoms with Crippen LogP contribution < -0.4 is 0 Å². The number of rotatable bonds is 4. The first kappa shape index (κ1) is 15.6. The van der Waals surface area contributed by atoms with Crippen LogP contribution in [0.15, 0.2) is 47.6 Å². The number of nitrogens with zero attached hydrogens (tertiary/aromatic N) is 3. The number of aryl methyl sites for hydroxylation is 2. The first-order valence-electron chi connectivity index (χ1n) is 8.89. The van der Waals surface area contributed by atoms with Crippen molar-refractivity contribution in [1.82, 2.24) is 19.6 Å². The molecule has 130 valence electrons. The van der Waals surface area contributed by atoms with E-state index in [9.17, 15) is 4.79 Å². The van der Waals surface area contributed by atoms with Gasteiger partial charge in [0.15, 0.2) is 10.9 Å². The number of imidazole rings is 1. The molecule has 2 heterocycles. The van der Waals surface area contributed by atoms with Crippen molar-refractivity contribution in [2.45, 2.75) is 30.8 Å². The number of Topliss-reactive ketones (excluding diaryl/α,β-unsaturated/α-hetero) is 1. The Hall–Kier alpha value is -2.60. The van der Waals surface area contributed by atoms with Gasteiger partial charge in [0.1, 0.15) is 0 Å². The number of hydrogen-bond acceptors (Lipinski definition) is 4. The molecule has 0 fully saturated rings. The summed E-state index contributed by atoms with van der Waals surface area (Å²) in [6.07, 6.45) is 4.70. The van der Waals surface area contributed by atoms with Crippen LogP contribution in [0.1, 0.15) is 34.3 Å². The van der Waals surface area contributed by atoms with Crippen LogP contribution in [0.25, 0.3) is 16.8 Å². The molecule has 2 aromatic carbocycles. The van der Waals surface area contributed by atoms with E-state index in [2.05, 4.69) is 27.3 Å². The Morgan fingerprint density at radius 3 is 2.88 bits per heavy atom. The Morgan fingerprint density at radius 2 is 1.96 bits per heavy atom. The zero-order chi connectivity index (χ0) is 17.5. The van der Waals surface area contributed by atoms with Crippen molar-refractivity contribution in [1.29, 1.82) is 0 Å². The minimum atomic E-state index is 0.143. The van der Waals surface area contributed by atoms with Gasteiger partial charge >= 0.3 is 0 Å². The van der Waals surface area contributed by atoms with E-state index in [4.69, 9.17) is 0 Å². The molecule has 6 heteroatoms. The highest BCUT2D eigenvalue weighted by atomic mass is 32.2. The number of nitrogens with one attached hydrogen (secondary N) is 1. The maximum atomic E-state index is 12.7. The number of aromatic nitrogens is 4. The van der Waals surface area contributed by atoms with Gasteiger partial charge < -0.3 is 0 Å². The second-order valence-corrected chi connectivity index (χ2v) is 7.61. The van der Waals surface area contributed by atoms with Crippen LogP contribution in [0.4, 0.5) is 0 Å². The van der Waals surface area contributed by atoms with Crippen LogP contribution in [0.5, 0.6) is 0 Å². The quantitative estimate of drug-likeness (QED) is 0.439. The average molecular weight is 362 g/mol. The molecule has 0 saturated heterocycles. The summed E-state index contributed by atoms with van der Waals surface area (Å²) in [6, 6.07) is 14.1. The predicted octanol–water partition coefficient (Wildman–Crippen LogP) is 4.06. The molecule has 2 aromatic heterocycles. The second-order valence-electron chi connectivity index (χ2n) is 6.67. The average Bonchev–Trinajstić information content (AvgIpc) is 3.25. The first-order valence-corrected chi connectivity index (χ1v) is 9.87. The minimum Gasteiger partial charge on any atom is -0.293 e. The van der Waals surface area contributed by atoms with Crippen molar-refractivity contribution in [3.05, 3.63) is 59.2 Å². The van der Waals surface area contributed by atoms with E-state index in [0.717, 1.165) is 34.6 Å². The summed E-state index contributed by atoms with van der Waals surface area (Å²) in [5.74, 6) is 1.21. The topological polar surface area (TPSA) is 63.0 Å². The molecule has 0 radical (unpaired) electrons. The molecule has 0 unspecified atom stereocenters. The van der Waals surface area contributed by atoms with Gasteiger partial charge in [-0.15, -0.1) is 5.10 Å². The Kier molecular flexibility index (Phi) is 3.78. The molecule has 4 aromatic rings. The van der Waals surface area contributed by atoms with Crippen LogP contribution in [0.2, 0.25) is 0 Å². The zero-order valence-electron chi connectivity index (χ0n) is 14.2. The molecule has 1 N–H and O–H groups in total. The van der Waals surface area contributed by atoms with E-state index in [0.29, 0.717) is 11.5 Å². The lowest BCUT2D eigenvalue weighted by atomic mass is 9.90. The molecule has 5 rings (SSSR count). The van der Waals surface area contributed by atoms with Gasteiger partial charge in [-0.25, -0.2) is 10.1 Å². The largest absolute Gasteiger partial charge is 0.293 e. The van der Waals surface area contributed by atoms with E-state index < -0.39 is 0 Å². The molecule has 0 spiro atoms. The van der Waals surface area contributed by atoms with Crippen molar-refractivity contribution in [2.75, 3.05) is 5.75 Å². The lowest BCUT2D eigenvalue weighted by Crippen LogP contribution is -2.08. The maximum absolute atomic E-state index is 12.7. The van der Waals surface area contributed by atoms with E-state index in [1.54, 1.807) is 0 Å². The monoisotopic (exact) mass is 362 g/mol. The molecular weight excluding hydrogens is 344 g/mol. The molecule has 1 aliphatic carbocycles. The number of fused-ring (bicyclic) bond motifs is 4. The van der Waals surface area contributed by atoms with E-state index in [-0.39, 0.29) is 5.78 Å². The smallest absolute Gasteiger partial charge is 0.231 e. The van der Waals surface area contributed by atoms with E-state index >= 15 is 0 Å². The van der Waals surface area contributed by atoms with E-state index in [1.165, 1.54) is 35.7 Å². The van der Waals surface area contributed by atoms with Crippen LogP contribution in [0, 0.1) is 0 Å². The lowest BCUT2D eigenvalue weighted by molar-refractivity contribution is 0.102. The SMILES string of the molecule is O=C(CSc1n[nH]c2nc3ccccc3n12)c1ccc2c(c1)CCCC2. The number of aromatic amines is 1. The summed E-state index contributed by atoms with van der Waals surface area (Å²) in [5.41, 5.74) is 5.47. The number of carbonyl (C=O) groups is 1. The van der Waals surface area contributed by atoms with Crippen molar-refractivity contribution >= 4 is 34.4 Å². The second kappa shape index (κ2) is 6.29. The van der Waals surface area contributed by atoms with Crippen molar-refractivity contribution in [3.8, 4) is 0 Å². The zero-order valence-corrected chi connectivity index (χ0v) is 15.1. The molecule has 1 aliphatic rings. The van der Waals surface area contributed by atoms with Gasteiger partial charge in [-0.2, -0.15) is 0 Å². The van der Waals surface area contributed by atoms with Crippen LogP contribution >= 0.6 is 11.8 Å². The minimum absolute atomic E-state index is 0.143. The third-order valence-corrected chi connectivity index (χ3v) is 5.95. The number of thioether (sulfide) groups is 1. The fourth-order valence-electron chi connectivity index (χ4n) is 3.66. The number of hydrogen-bond donors (Lipinski definition) is 1. The van der Waals surface area contributed by atoms with Gasteiger partial charge in [-0.05, 0) is 55.0 Å². The van der Waals surface area contributed by atoms with Gasteiger partial charge in [0.25, 0.3) is 0 Å². The molecule has 5 nitrogen and oxygen atoms in total. The van der Waals surface area contributed by atoms with Crippen molar-refractivity contribution in [3.63, 3.8) is 0 Å². The third kappa shape index (κ3) is 2.61. The summed E-state index contributed by atoms with van der Waals surface area (Å²) < 4.78 is 1.97. The number of para-hydroxylation sites is 2. The first-order chi connectivity index (χ1) is 12.8. The molecule has 0 bridgehead atoms. The normalized spacial score (nSPS) is 14.0. The highest BCUT2D eigenvalue weighted by Gasteiger charge is 2.16. The molecule has 0 amide bonds. The highest BCUT2D eigenvalue weighted by molar-refractivity contribution is 7.99. The van der Waals surface area contributed by atoms with Crippen LogP contribution in [0.3, 0.4) is 0 Å². The Balaban J connectivity index is 1.39. The molecule has 0 aliphatic heterocycles. The van der Waals surface area contributed by atoms with Crippen molar-refractivity contribution in [2.24, 2.45) is 0 Å². The lowest BCUT2D eigenvalue weighted by Gasteiger charge is -2.16. The summed E-state index contributed by atoms with van der Waals surface area (Å²) in [4.78, 5) is 17.2. The fourth-order valence-corrected chi connectivity index (χ4v) is 4.51.